The van der Waals surface area contributed by atoms with Gasteiger partial charge in [-0.1, -0.05) is 194 Å². The van der Waals surface area contributed by atoms with Crippen LogP contribution in [0.15, 0.2) is 0 Å². The fraction of sp³-hybridized carbons (Fsp3) is 0.925. The Morgan fingerprint density at radius 1 is 0.543 bits per heavy atom. The number of esters is 1. The van der Waals surface area contributed by atoms with E-state index < -0.39 is 24.4 Å². The molecule has 0 aliphatic carbocycles. The molecule has 0 aliphatic heterocycles. The highest BCUT2D eigenvalue weighted by Gasteiger charge is 2.25. The summed E-state index contributed by atoms with van der Waals surface area (Å²) in [4.78, 5) is 36.2. The molecular formula is C40H77NO5. The summed E-state index contributed by atoms with van der Waals surface area (Å²) < 4.78 is 5.33. The highest BCUT2D eigenvalue weighted by Crippen LogP contribution is 2.16. The Balaban J connectivity index is 3.72. The van der Waals surface area contributed by atoms with E-state index in [-0.39, 0.29) is 12.5 Å². The first kappa shape index (κ1) is 44.4. The number of hydrogen-bond acceptors (Lipinski definition) is 4. The monoisotopic (exact) mass is 652 g/mol. The summed E-state index contributed by atoms with van der Waals surface area (Å²) in [7, 11) is 0. The van der Waals surface area contributed by atoms with Crippen LogP contribution in [0.2, 0.25) is 0 Å². The molecule has 0 spiro atoms. The van der Waals surface area contributed by atoms with E-state index in [9.17, 15) is 19.5 Å². The number of rotatable bonds is 36. The number of nitrogens with one attached hydrogen (secondary N) is 1. The molecule has 0 aromatic rings. The van der Waals surface area contributed by atoms with Gasteiger partial charge in [0.15, 0.2) is 0 Å². The number of unbranched alkanes of at least 4 members (excludes halogenated alkanes) is 26. The minimum Gasteiger partial charge on any atom is -0.481 e. The van der Waals surface area contributed by atoms with Crippen LogP contribution in [0.1, 0.15) is 220 Å². The zero-order valence-corrected chi connectivity index (χ0v) is 30.9. The molecule has 0 radical (unpaired) electrons. The Morgan fingerprint density at radius 3 is 1.30 bits per heavy atom. The highest BCUT2D eigenvalue weighted by molar-refractivity contribution is 5.87. The third-order valence-electron chi connectivity index (χ3n) is 9.18. The van der Waals surface area contributed by atoms with E-state index in [2.05, 4.69) is 26.1 Å². The van der Waals surface area contributed by atoms with Crippen molar-refractivity contribution in [1.82, 2.24) is 5.32 Å². The molecule has 2 N–H and O–H groups in total. The van der Waals surface area contributed by atoms with Gasteiger partial charge >= 0.3 is 11.9 Å². The van der Waals surface area contributed by atoms with Gasteiger partial charge in [-0.15, -0.1) is 0 Å². The number of ether oxygens (including phenoxy) is 1. The maximum Gasteiger partial charge on any atom is 0.329 e. The van der Waals surface area contributed by atoms with E-state index in [1.807, 2.05) is 0 Å². The summed E-state index contributed by atoms with van der Waals surface area (Å²) in [5.74, 6) is -1.19. The predicted molar refractivity (Wildman–Crippen MR) is 194 cm³/mol. The molecule has 0 rings (SSSR count). The lowest BCUT2D eigenvalue weighted by Crippen LogP contribution is -2.43. The Hall–Kier alpha value is -1.59. The van der Waals surface area contributed by atoms with Crippen molar-refractivity contribution in [2.24, 2.45) is 5.92 Å². The number of carboxylic acids is 1. The van der Waals surface area contributed by atoms with Gasteiger partial charge < -0.3 is 15.2 Å². The van der Waals surface area contributed by atoms with E-state index in [1.165, 1.54) is 148 Å². The first-order valence-corrected chi connectivity index (χ1v) is 20.0. The molecule has 6 heteroatoms. The molecule has 272 valence electrons. The number of carbonyl (C=O) groups excluding carboxylic acids is 2. The lowest BCUT2D eigenvalue weighted by atomic mass is 10.0. The standard InChI is InChI=1S/C40H77NO5/c1-4-5-6-7-8-9-10-11-12-13-14-15-18-21-24-27-30-33-38(42)41-37(35-39(43)44)40(45)46-34-31-28-25-22-19-16-17-20-23-26-29-32-36(2)3/h36-37H,4-35H2,1-3H3,(H,41,42)(H,43,44)/t37-/m0/s1. The second-order valence-corrected chi connectivity index (χ2v) is 14.4. The van der Waals surface area contributed by atoms with Gasteiger partial charge in [-0.25, -0.2) is 4.79 Å². The van der Waals surface area contributed by atoms with Crippen molar-refractivity contribution in [1.29, 1.82) is 0 Å². The molecule has 0 fully saturated rings. The minimum atomic E-state index is -1.12. The molecule has 1 atom stereocenters. The van der Waals surface area contributed by atoms with Crippen molar-refractivity contribution in [3.8, 4) is 0 Å². The maximum absolute atomic E-state index is 12.5. The second kappa shape index (κ2) is 34.7. The summed E-state index contributed by atoms with van der Waals surface area (Å²) in [6.07, 6.45) is 36.5. The van der Waals surface area contributed by atoms with E-state index >= 15 is 0 Å². The summed E-state index contributed by atoms with van der Waals surface area (Å²) in [6.45, 7) is 7.14. The average molecular weight is 652 g/mol. The lowest BCUT2D eigenvalue weighted by Gasteiger charge is -2.16. The van der Waals surface area contributed by atoms with Gasteiger partial charge in [-0.05, 0) is 18.8 Å². The third-order valence-corrected chi connectivity index (χ3v) is 9.18. The fourth-order valence-electron chi connectivity index (χ4n) is 6.16. The van der Waals surface area contributed by atoms with Gasteiger partial charge in [0, 0.05) is 6.42 Å². The fourth-order valence-corrected chi connectivity index (χ4v) is 6.16. The molecular weight excluding hydrogens is 574 g/mol. The summed E-state index contributed by atoms with van der Waals surface area (Å²) >= 11 is 0. The van der Waals surface area contributed by atoms with Crippen molar-refractivity contribution < 1.29 is 24.2 Å². The highest BCUT2D eigenvalue weighted by atomic mass is 16.5. The number of aliphatic carboxylic acids is 1. The van der Waals surface area contributed by atoms with Crippen molar-refractivity contribution >= 4 is 17.8 Å². The molecule has 0 saturated carbocycles. The Morgan fingerprint density at radius 2 is 0.913 bits per heavy atom. The quantitative estimate of drug-likeness (QED) is 0.0519. The van der Waals surface area contributed by atoms with Gasteiger partial charge in [-0.2, -0.15) is 0 Å². The zero-order valence-electron chi connectivity index (χ0n) is 30.9. The topological polar surface area (TPSA) is 92.7 Å². The van der Waals surface area contributed by atoms with E-state index in [1.54, 1.807) is 0 Å². The van der Waals surface area contributed by atoms with Crippen LogP contribution in [0.3, 0.4) is 0 Å². The van der Waals surface area contributed by atoms with Crippen molar-refractivity contribution in [2.75, 3.05) is 6.61 Å². The third kappa shape index (κ3) is 33.8. The predicted octanol–water partition coefficient (Wildman–Crippen LogP) is 11.9. The SMILES string of the molecule is CCCCCCCCCCCCCCCCCCCC(=O)N[C@@H](CC(=O)O)C(=O)OCCCCCCCCCCCCCC(C)C. The summed E-state index contributed by atoms with van der Waals surface area (Å²) in [6, 6.07) is -1.11. The van der Waals surface area contributed by atoms with Crippen molar-refractivity contribution in [2.45, 2.75) is 226 Å². The van der Waals surface area contributed by atoms with Gasteiger partial charge in [0.2, 0.25) is 5.91 Å². The van der Waals surface area contributed by atoms with Crippen LogP contribution < -0.4 is 5.32 Å². The molecule has 0 aromatic heterocycles. The normalized spacial score (nSPS) is 12.0. The first-order valence-electron chi connectivity index (χ1n) is 20.0. The number of amides is 1. The van der Waals surface area contributed by atoms with Gasteiger partial charge in [-0.3, -0.25) is 9.59 Å². The van der Waals surface area contributed by atoms with Gasteiger partial charge in [0.25, 0.3) is 0 Å². The molecule has 0 heterocycles. The second-order valence-electron chi connectivity index (χ2n) is 14.4. The molecule has 0 aliphatic rings. The molecule has 0 aromatic carbocycles. The molecule has 0 saturated heterocycles. The van der Waals surface area contributed by atoms with Gasteiger partial charge in [0.1, 0.15) is 6.04 Å². The summed E-state index contributed by atoms with van der Waals surface area (Å²) in [5, 5.41) is 11.8. The van der Waals surface area contributed by atoms with Crippen molar-refractivity contribution in [3.63, 3.8) is 0 Å². The minimum absolute atomic E-state index is 0.264. The number of carboxylic acid groups (broad SMARTS) is 1. The van der Waals surface area contributed by atoms with Crippen LogP contribution in [0.5, 0.6) is 0 Å². The molecule has 0 unspecified atom stereocenters. The van der Waals surface area contributed by atoms with Crippen molar-refractivity contribution in [3.05, 3.63) is 0 Å². The van der Waals surface area contributed by atoms with E-state index in [4.69, 9.17) is 4.74 Å². The molecule has 6 nitrogen and oxygen atoms in total. The number of carbonyl (C=O) groups is 3. The lowest BCUT2D eigenvalue weighted by molar-refractivity contribution is -0.151. The van der Waals surface area contributed by atoms with Crippen LogP contribution in [0.25, 0.3) is 0 Å². The van der Waals surface area contributed by atoms with E-state index in [0.717, 1.165) is 44.4 Å². The maximum atomic E-state index is 12.5. The smallest absolute Gasteiger partial charge is 0.329 e. The van der Waals surface area contributed by atoms with Gasteiger partial charge in [0.05, 0.1) is 13.0 Å². The Labute approximate surface area is 285 Å². The van der Waals surface area contributed by atoms with Crippen LogP contribution >= 0.6 is 0 Å². The first-order chi connectivity index (χ1) is 22.4. The van der Waals surface area contributed by atoms with Crippen LogP contribution in [0.4, 0.5) is 0 Å². The van der Waals surface area contributed by atoms with Crippen LogP contribution in [0, 0.1) is 5.92 Å². The Bertz CT molecular complexity index is 695. The molecule has 0 bridgehead atoms. The van der Waals surface area contributed by atoms with Crippen LogP contribution in [-0.4, -0.2) is 35.6 Å². The molecule has 1 amide bonds. The summed E-state index contributed by atoms with van der Waals surface area (Å²) in [5.41, 5.74) is 0. The Kier molecular flexibility index (Phi) is 33.5. The van der Waals surface area contributed by atoms with E-state index in [0.29, 0.717) is 6.42 Å². The number of hydrogen-bond donors (Lipinski definition) is 2. The largest absolute Gasteiger partial charge is 0.481 e. The zero-order chi connectivity index (χ0) is 33.9. The van der Waals surface area contributed by atoms with Crippen LogP contribution in [-0.2, 0) is 19.1 Å². The molecule has 46 heavy (non-hydrogen) atoms. The average Bonchev–Trinajstić information content (AvgIpc) is 3.01.